The minimum absolute atomic E-state index is 0.0725. The van der Waals surface area contributed by atoms with Gasteiger partial charge in [0.1, 0.15) is 17.4 Å². The molecule has 25 heavy (non-hydrogen) atoms. The second-order valence-corrected chi connectivity index (χ2v) is 5.61. The molecule has 0 aliphatic carbocycles. The van der Waals surface area contributed by atoms with Gasteiger partial charge in [-0.1, -0.05) is 6.07 Å². The first-order valence-corrected chi connectivity index (χ1v) is 7.87. The molecule has 0 N–H and O–H groups in total. The van der Waals surface area contributed by atoms with Crippen molar-refractivity contribution < 1.29 is 18.3 Å². The summed E-state index contributed by atoms with van der Waals surface area (Å²) < 4.78 is 32.6. The Labute approximate surface area is 145 Å². The van der Waals surface area contributed by atoms with Crippen molar-refractivity contribution >= 4 is 17.8 Å². The summed E-state index contributed by atoms with van der Waals surface area (Å²) in [5.41, 5.74) is 1.06. The van der Waals surface area contributed by atoms with Gasteiger partial charge in [0, 0.05) is 25.7 Å². The van der Waals surface area contributed by atoms with E-state index in [1.807, 2.05) is 18.9 Å². The van der Waals surface area contributed by atoms with Crippen molar-refractivity contribution in [2.75, 3.05) is 20.2 Å². The summed E-state index contributed by atoms with van der Waals surface area (Å²) >= 11 is 0. The predicted molar refractivity (Wildman–Crippen MR) is 93.8 cm³/mol. The molecular formula is C19H20F2N2O2. The summed E-state index contributed by atoms with van der Waals surface area (Å²) in [7, 11) is 1.86. The minimum Gasteiger partial charge on any atom is -0.485 e. The molecule has 0 saturated heterocycles. The van der Waals surface area contributed by atoms with Gasteiger partial charge in [-0.15, -0.1) is 0 Å². The van der Waals surface area contributed by atoms with E-state index in [0.717, 1.165) is 12.6 Å². The van der Waals surface area contributed by atoms with Crippen LogP contribution in [0.4, 0.5) is 14.5 Å². The lowest BCUT2D eigenvalue weighted by atomic mass is 10.1. The molecule has 0 aliphatic rings. The van der Waals surface area contributed by atoms with Crippen LogP contribution in [0.25, 0.3) is 0 Å². The van der Waals surface area contributed by atoms with Crippen molar-refractivity contribution in [2.45, 2.75) is 13.8 Å². The number of benzene rings is 2. The molecule has 0 saturated carbocycles. The number of rotatable bonds is 7. The van der Waals surface area contributed by atoms with Gasteiger partial charge in [0.25, 0.3) is 0 Å². The van der Waals surface area contributed by atoms with E-state index in [-0.39, 0.29) is 17.9 Å². The highest BCUT2D eigenvalue weighted by Gasteiger charge is 2.15. The molecule has 6 heteroatoms. The Morgan fingerprint density at radius 1 is 1.28 bits per heavy atom. The number of carbonyl (C=O) groups is 1. The molecule has 0 aromatic heterocycles. The maximum atomic E-state index is 14.3. The molecule has 2 aromatic carbocycles. The maximum absolute atomic E-state index is 14.3. The Balaban J connectivity index is 2.12. The van der Waals surface area contributed by atoms with Gasteiger partial charge in [0.15, 0.2) is 6.61 Å². The van der Waals surface area contributed by atoms with Crippen LogP contribution in [0.5, 0.6) is 5.75 Å². The van der Waals surface area contributed by atoms with Crippen molar-refractivity contribution in [3.05, 3.63) is 59.2 Å². The first kappa shape index (κ1) is 18.6. The highest BCUT2D eigenvalue weighted by Crippen LogP contribution is 2.23. The smallest absolute Gasteiger partial charge is 0.203 e. The van der Waals surface area contributed by atoms with Crippen molar-refractivity contribution in [3.63, 3.8) is 0 Å². The van der Waals surface area contributed by atoms with Crippen LogP contribution >= 0.6 is 0 Å². The molecule has 0 amide bonds. The van der Waals surface area contributed by atoms with E-state index in [9.17, 15) is 13.6 Å². The average Bonchev–Trinajstić information content (AvgIpc) is 2.59. The topological polar surface area (TPSA) is 41.9 Å². The summed E-state index contributed by atoms with van der Waals surface area (Å²) in [6.45, 7) is 4.13. The van der Waals surface area contributed by atoms with Crippen LogP contribution in [0.15, 0.2) is 41.4 Å². The fraction of sp³-hybridized carbons (Fsp3) is 0.263. The van der Waals surface area contributed by atoms with Crippen molar-refractivity contribution in [2.24, 2.45) is 4.99 Å². The van der Waals surface area contributed by atoms with Crippen LogP contribution in [0.2, 0.25) is 0 Å². The maximum Gasteiger partial charge on any atom is 0.203 e. The van der Waals surface area contributed by atoms with Crippen molar-refractivity contribution in [1.82, 2.24) is 4.90 Å². The Hall–Kier alpha value is -2.76. The number of hydrogen-bond donors (Lipinski definition) is 0. The van der Waals surface area contributed by atoms with Gasteiger partial charge in [-0.05, 0) is 37.6 Å². The molecule has 0 unspecified atom stereocenters. The third kappa shape index (κ3) is 5.11. The fourth-order valence-electron chi connectivity index (χ4n) is 2.05. The summed E-state index contributed by atoms with van der Waals surface area (Å²) in [4.78, 5) is 18.3. The molecule has 0 radical (unpaired) electrons. The number of halogens is 2. The number of nitrogens with zero attached hydrogens (tertiary/aromatic N) is 2. The Bertz CT molecular complexity index is 791. The van der Waals surface area contributed by atoms with Gasteiger partial charge in [-0.2, -0.15) is 0 Å². The lowest BCUT2D eigenvalue weighted by Crippen LogP contribution is -2.15. The molecule has 0 heterocycles. The van der Waals surface area contributed by atoms with Gasteiger partial charge in [0.2, 0.25) is 5.78 Å². The SMILES string of the molecule is CCN(C)C=Nc1cc(F)c(C(=O)COc2cccc(F)c2)cc1C. The molecule has 0 aliphatic heterocycles. The Morgan fingerprint density at radius 2 is 2.04 bits per heavy atom. The second kappa shape index (κ2) is 8.37. The lowest BCUT2D eigenvalue weighted by molar-refractivity contribution is 0.0917. The molecule has 0 bridgehead atoms. The van der Waals surface area contributed by atoms with Crippen LogP contribution in [-0.4, -0.2) is 37.2 Å². The van der Waals surface area contributed by atoms with E-state index in [4.69, 9.17) is 4.74 Å². The largest absolute Gasteiger partial charge is 0.485 e. The summed E-state index contributed by atoms with van der Waals surface area (Å²) in [5, 5.41) is 0. The van der Waals surface area contributed by atoms with Crippen molar-refractivity contribution in [1.29, 1.82) is 0 Å². The zero-order valence-corrected chi connectivity index (χ0v) is 14.4. The Morgan fingerprint density at radius 3 is 2.72 bits per heavy atom. The molecule has 4 nitrogen and oxygen atoms in total. The number of hydrogen-bond acceptors (Lipinski definition) is 3. The van der Waals surface area contributed by atoms with E-state index in [0.29, 0.717) is 11.3 Å². The van der Waals surface area contributed by atoms with Crippen molar-refractivity contribution in [3.8, 4) is 5.75 Å². The molecular weight excluding hydrogens is 326 g/mol. The normalized spacial score (nSPS) is 10.9. The number of carbonyl (C=O) groups excluding carboxylic acids is 1. The van der Waals surface area contributed by atoms with Gasteiger partial charge in [0.05, 0.1) is 17.6 Å². The summed E-state index contributed by atoms with van der Waals surface area (Å²) in [5.74, 6) is -1.43. The number of Topliss-reactive ketones (excluding diaryl/α,β-unsaturated/α-hetero) is 1. The van der Waals surface area contributed by atoms with Crippen LogP contribution in [0.3, 0.4) is 0 Å². The van der Waals surface area contributed by atoms with Gasteiger partial charge in [-0.3, -0.25) is 4.79 Å². The highest BCUT2D eigenvalue weighted by molar-refractivity contribution is 5.98. The first-order chi connectivity index (χ1) is 11.9. The minimum atomic E-state index is -0.662. The molecule has 0 spiro atoms. The van der Waals surface area contributed by atoms with Gasteiger partial charge in [-0.25, -0.2) is 13.8 Å². The standard InChI is InChI=1S/C19H20F2N2O2/c1-4-23(3)12-22-18-10-17(21)16(8-13(18)2)19(24)11-25-15-7-5-6-14(20)9-15/h5-10,12H,4,11H2,1-3H3. The van der Waals surface area contributed by atoms with Gasteiger partial charge < -0.3 is 9.64 Å². The number of ether oxygens (including phenoxy) is 1. The predicted octanol–water partition coefficient (Wildman–Crippen LogP) is 4.15. The van der Waals surface area contributed by atoms with Crippen LogP contribution < -0.4 is 4.74 Å². The van der Waals surface area contributed by atoms with Gasteiger partial charge >= 0.3 is 0 Å². The fourth-order valence-corrected chi connectivity index (χ4v) is 2.05. The van der Waals surface area contributed by atoms with Crippen LogP contribution in [0, 0.1) is 18.6 Å². The quantitative estimate of drug-likeness (QED) is 0.430. The summed E-state index contributed by atoms with van der Waals surface area (Å²) in [6.07, 6.45) is 1.61. The van der Waals surface area contributed by atoms with Crippen LogP contribution in [0.1, 0.15) is 22.8 Å². The zero-order chi connectivity index (χ0) is 18.4. The monoisotopic (exact) mass is 346 g/mol. The number of aryl methyl sites for hydroxylation is 1. The molecule has 132 valence electrons. The van der Waals surface area contributed by atoms with E-state index in [1.54, 1.807) is 13.3 Å². The number of aliphatic imine (C=N–C) groups is 1. The van der Waals surface area contributed by atoms with E-state index in [2.05, 4.69) is 4.99 Å². The van der Waals surface area contributed by atoms with Crippen LogP contribution in [-0.2, 0) is 0 Å². The molecule has 2 aromatic rings. The van der Waals surface area contributed by atoms with E-state index < -0.39 is 17.4 Å². The number of ketones is 1. The first-order valence-electron chi connectivity index (χ1n) is 7.87. The third-order valence-electron chi connectivity index (χ3n) is 3.64. The zero-order valence-electron chi connectivity index (χ0n) is 14.4. The second-order valence-electron chi connectivity index (χ2n) is 5.61. The molecule has 2 rings (SSSR count). The third-order valence-corrected chi connectivity index (χ3v) is 3.64. The highest BCUT2D eigenvalue weighted by atomic mass is 19.1. The lowest BCUT2D eigenvalue weighted by Gasteiger charge is -2.10. The average molecular weight is 346 g/mol. The molecule has 0 atom stereocenters. The summed E-state index contributed by atoms with van der Waals surface area (Å²) in [6, 6.07) is 8.11. The molecule has 0 fully saturated rings. The Kier molecular flexibility index (Phi) is 6.22. The van der Waals surface area contributed by atoms with E-state index in [1.165, 1.54) is 30.3 Å². The van der Waals surface area contributed by atoms with E-state index >= 15 is 0 Å².